The summed E-state index contributed by atoms with van der Waals surface area (Å²) in [6.07, 6.45) is 3.91. The summed E-state index contributed by atoms with van der Waals surface area (Å²) in [5, 5.41) is 11.3. The quantitative estimate of drug-likeness (QED) is 0.669. The fourth-order valence-corrected chi connectivity index (χ4v) is 2.67. The number of rotatable bonds is 9. The zero-order valence-corrected chi connectivity index (χ0v) is 14.4. The van der Waals surface area contributed by atoms with Gasteiger partial charge in [0.2, 0.25) is 5.91 Å². The number of hydrogen-bond acceptors (Lipinski definition) is 4. The van der Waals surface area contributed by atoms with Crippen molar-refractivity contribution >= 4 is 29.2 Å². The van der Waals surface area contributed by atoms with Crippen molar-refractivity contribution in [2.45, 2.75) is 45.4 Å². The van der Waals surface area contributed by atoms with Crippen molar-refractivity contribution in [3.8, 4) is 5.75 Å². The van der Waals surface area contributed by atoms with Crippen molar-refractivity contribution in [3.63, 3.8) is 0 Å². The first-order valence-electron chi connectivity index (χ1n) is 8.60. The number of fused-ring (bicyclic) bond motifs is 1. The van der Waals surface area contributed by atoms with Crippen molar-refractivity contribution in [1.82, 2.24) is 0 Å². The predicted octanol–water partition coefficient (Wildman–Crippen LogP) is 2.80. The molecule has 0 saturated carbocycles. The smallest absolute Gasteiger partial charge is 0.303 e. The Kier molecular flexibility index (Phi) is 6.80. The van der Waals surface area contributed by atoms with Crippen LogP contribution in [0.2, 0.25) is 0 Å². The van der Waals surface area contributed by atoms with Gasteiger partial charge in [-0.25, -0.2) is 0 Å². The molecule has 7 heteroatoms. The Morgan fingerprint density at radius 2 is 2.04 bits per heavy atom. The predicted molar refractivity (Wildman–Crippen MR) is 93.9 cm³/mol. The molecule has 1 aliphatic heterocycles. The van der Waals surface area contributed by atoms with Crippen LogP contribution < -0.4 is 15.0 Å². The van der Waals surface area contributed by atoms with Gasteiger partial charge in [0.1, 0.15) is 5.75 Å². The normalized spacial score (nSPS) is 13.2. The average molecular weight is 348 g/mol. The van der Waals surface area contributed by atoms with Crippen LogP contribution in [0, 0.1) is 0 Å². The van der Waals surface area contributed by atoms with Gasteiger partial charge in [-0.1, -0.05) is 26.2 Å². The number of nitrogens with zero attached hydrogens (tertiary/aromatic N) is 1. The van der Waals surface area contributed by atoms with Crippen LogP contribution in [-0.2, 0) is 14.4 Å². The molecule has 2 amide bonds. The molecular weight excluding hydrogens is 324 g/mol. The molecule has 0 fully saturated rings. The van der Waals surface area contributed by atoms with Crippen molar-refractivity contribution in [3.05, 3.63) is 18.2 Å². The third-order valence-corrected chi connectivity index (χ3v) is 3.99. The van der Waals surface area contributed by atoms with E-state index < -0.39 is 5.97 Å². The van der Waals surface area contributed by atoms with Gasteiger partial charge in [0, 0.05) is 18.7 Å². The van der Waals surface area contributed by atoms with Crippen molar-refractivity contribution in [2.24, 2.45) is 0 Å². The van der Waals surface area contributed by atoms with Gasteiger partial charge in [-0.3, -0.25) is 14.4 Å². The van der Waals surface area contributed by atoms with Gasteiger partial charge in [0.05, 0.1) is 12.1 Å². The second-order valence-electron chi connectivity index (χ2n) is 6.02. The average Bonchev–Trinajstić information content (AvgIpc) is 2.58. The number of carbonyl (C=O) groups is 3. The van der Waals surface area contributed by atoms with E-state index in [1.807, 2.05) is 0 Å². The summed E-state index contributed by atoms with van der Waals surface area (Å²) in [6, 6.07) is 5.10. The van der Waals surface area contributed by atoms with Crippen LogP contribution in [0.15, 0.2) is 18.2 Å². The highest BCUT2D eigenvalue weighted by atomic mass is 16.5. The van der Waals surface area contributed by atoms with Crippen LogP contribution in [0.4, 0.5) is 11.4 Å². The zero-order valence-electron chi connectivity index (χ0n) is 14.4. The fourth-order valence-electron chi connectivity index (χ4n) is 2.67. The van der Waals surface area contributed by atoms with Crippen LogP contribution in [0.25, 0.3) is 0 Å². The van der Waals surface area contributed by atoms with Crippen molar-refractivity contribution in [2.75, 3.05) is 23.4 Å². The SMILES string of the molecule is CCCCCCN1C(=O)COc2ccc(NC(=O)CCC(=O)O)cc21. The summed E-state index contributed by atoms with van der Waals surface area (Å²) in [7, 11) is 0. The number of carboxylic acid groups (broad SMARTS) is 1. The van der Waals surface area contributed by atoms with Crippen LogP contribution in [0.1, 0.15) is 45.4 Å². The highest BCUT2D eigenvalue weighted by Gasteiger charge is 2.25. The topological polar surface area (TPSA) is 95.9 Å². The van der Waals surface area contributed by atoms with Gasteiger partial charge >= 0.3 is 5.97 Å². The van der Waals surface area contributed by atoms with E-state index in [0.29, 0.717) is 23.7 Å². The van der Waals surface area contributed by atoms with Gasteiger partial charge < -0.3 is 20.1 Å². The second kappa shape index (κ2) is 9.05. The van der Waals surface area contributed by atoms with E-state index in [0.717, 1.165) is 25.7 Å². The molecular formula is C18H24N2O5. The summed E-state index contributed by atoms with van der Waals surface area (Å²) < 4.78 is 5.45. The van der Waals surface area contributed by atoms with Gasteiger partial charge in [-0.15, -0.1) is 0 Å². The molecule has 0 aromatic heterocycles. The molecule has 0 bridgehead atoms. The maximum Gasteiger partial charge on any atom is 0.303 e. The summed E-state index contributed by atoms with van der Waals surface area (Å²) in [5.74, 6) is -0.880. The van der Waals surface area contributed by atoms with Crippen molar-refractivity contribution in [1.29, 1.82) is 0 Å². The largest absolute Gasteiger partial charge is 0.482 e. The van der Waals surface area contributed by atoms with Crippen LogP contribution in [-0.4, -0.2) is 36.0 Å². The summed E-state index contributed by atoms with van der Waals surface area (Å²) in [6.45, 7) is 2.77. The first kappa shape index (κ1) is 18.8. The van der Waals surface area contributed by atoms with Gasteiger partial charge in [-0.2, -0.15) is 0 Å². The highest BCUT2D eigenvalue weighted by molar-refractivity contribution is 5.99. The summed E-state index contributed by atoms with van der Waals surface area (Å²) >= 11 is 0. The Hall–Kier alpha value is -2.57. The Morgan fingerprint density at radius 1 is 1.24 bits per heavy atom. The minimum absolute atomic E-state index is 0.0189. The lowest BCUT2D eigenvalue weighted by atomic mass is 10.1. The molecule has 25 heavy (non-hydrogen) atoms. The van der Waals surface area contributed by atoms with E-state index >= 15 is 0 Å². The number of anilines is 2. The number of aliphatic carboxylic acids is 1. The lowest BCUT2D eigenvalue weighted by molar-refractivity contribution is -0.138. The molecule has 1 aliphatic rings. The molecule has 7 nitrogen and oxygen atoms in total. The lowest BCUT2D eigenvalue weighted by Gasteiger charge is -2.30. The van der Waals surface area contributed by atoms with Gasteiger partial charge in [0.15, 0.2) is 6.61 Å². The Balaban J connectivity index is 2.06. The summed E-state index contributed by atoms with van der Waals surface area (Å²) in [5.41, 5.74) is 1.16. The number of unbranched alkanes of at least 4 members (excludes halogenated alkanes) is 3. The lowest BCUT2D eigenvalue weighted by Crippen LogP contribution is -2.39. The maximum atomic E-state index is 12.2. The van der Waals surface area contributed by atoms with Crippen LogP contribution >= 0.6 is 0 Å². The zero-order chi connectivity index (χ0) is 18.2. The fraction of sp³-hybridized carbons (Fsp3) is 0.500. The summed E-state index contributed by atoms with van der Waals surface area (Å²) in [4.78, 5) is 36.2. The van der Waals surface area contributed by atoms with E-state index in [1.54, 1.807) is 23.1 Å². The number of ether oxygens (including phenoxy) is 1. The Labute approximate surface area is 147 Å². The molecule has 2 rings (SSSR count). The molecule has 2 N–H and O–H groups in total. The monoisotopic (exact) mass is 348 g/mol. The second-order valence-corrected chi connectivity index (χ2v) is 6.02. The van der Waals surface area contributed by atoms with E-state index in [4.69, 9.17) is 9.84 Å². The van der Waals surface area contributed by atoms with E-state index in [2.05, 4.69) is 12.2 Å². The van der Waals surface area contributed by atoms with Crippen molar-refractivity contribution < 1.29 is 24.2 Å². The molecule has 0 radical (unpaired) electrons. The van der Waals surface area contributed by atoms with Crippen LogP contribution in [0.5, 0.6) is 5.75 Å². The molecule has 0 atom stereocenters. The molecule has 1 aromatic carbocycles. The molecule has 136 valence electrons. The third-order valence-electron chi connectivity index (χ3n) is 3.99. The van der Waals surface area contributed by atoms with Gasteiger partial charge in [0.25, 0.3) is 5.91 Å². The third kappa shape index (κ3) is 5.48. The van der Waals surface area contributed by atoms with E-state index in [9.17, 15) is 14.4 Å². The molecule has 0 spiro atoms. The number of hydrogen-bond donors (Lipinski definition) is 2. The first-order chi connectivity index (χ1) is 12.0. The molecule has 1 heterocycles. The molecule has 1 aromatic rings. The number of carbonyl (C=O) groups excluding carboxylic acids is 2. The standard InChI is InChI=1S/C18H24N2O5/c1-2-3-4-5-10-20-14-11-13(19-16(21)8-9-18(23)24)6-7-15(14)25-12-17(20)22/h6-7,11H,2-5,8-10,12H2,1H3,(H,19,21)(H,23,24). The maximum absolute atomic E-state index is 12.2. The Morgan fingerprint density at radius 3 is 2.76 bits per heavy atom. The molecule has 0 aliphatic carbocycles. The minimum Gasteiger partial charge on any atom is -0.482 e. The number of benzene rings is 1. The van der Waals surface area contributed by atoms with E-state index in [1.165, 1.54) is 0 Å². The molecule has 0 unspecified atom stereocenters. The number of amides is 2. The first-order valence-corrected chi connectivity index (χ1v) is 8.60. The van der Waals surface area contributed by atoms with Crippen LogP contribution in [0.3, 0.4) is 0 Å². The van der Waals surface area contributed by atoms with E-state index in [-0.39, 0.29) is 31.3 Å². The Bertz CT molecular complexity index is 644. The van der Waals surface area contributed by atoms with Gasteiger partial charge in [-0.05, 0) is 24.6 Å². The highest BCUT2D eigenvalue weighted by Crippen LogP contribution is 2.34. The molecule has 0 saturated heterocycles. The number of nitrogens with one attached hydrogen (secondary N) is 1. The minimum atomic E-state index is -1.02. The number of carboxylic acids is 1.